The van der Waals surface area contributed by atoms with Gasteiger partial charge >= 0.3 is 0 Å². The van der Waals surface area contributed by atoms with Crippen molar-refractivity contribution in [1.29, 1.82) is 0 Å². The molecule has 1 aliphatic carbocycles. The lowest BCUT2D eigenvalue weighted by molar-refractivity contribution is 0.304. The van der Waals surface area contributed by atoms with Crippen molar-refractivity contribution in [3.63, 3.8) is 0 Å². The lowest BCUT2D eigenvalue weighted by Crippen LogP contribution is -2.33. The Kier molecular flexibility index (Phi) is 4.51. The molecular weight excluding hydrogens is 366 g/mol. The molecule has 0 aliphatic heterocycles. The van der Waals surface area contributed by atoms with E-state index in [2.05, 4.69) is 25.5 Å². The van der Waals surface area contributed by atoms with Gasteiger partial charge in [-0.1, -0.05) is 0 Å². The number of fused-ring (bicyclic) bond motifs is 1. The molecule has 4 heterocycles. The first-order chi connectivity index (χ1) is 14.3. The summed E-state index contributed by atoms with van der Waals surface area (Å²) in [6.07, 6.45) is 10.8. The van der Waals surface area contributed by atoms with Gasteiger partial charge in [0.15, 0.2) is 5.65 Å². The average Bonchev–Trinajstić information content (AvgIpc) is 3.23. The van der Waals surface area contributed by atoms with Gasteiger partial charge in [0.05, 0.1) is 11.7 Å². The predicted molar refractivity (Wildman–Crippen MR) is 110 cm³/mol. The Morgan fingerprint density at radius 2 is 1.72 bits per heavy atom. The van der Waals surface area contributed by atoms with Gasteiger partial charge in [0.2, 0.25) is 0 Å². The van der Waals surface area contributed by atoms with Crippen LogP contribution in [0.4, 0.5) is 5.82 Å². The highest BCUT2D eigenvalue weighted by Crippen LogP contribution is 2.29. The van der Waals surface area contributed by atoms with E-state index in [1.54, 1.807) is 39.9 Å². The molecule has 0 radical (unpaired) electrons. The van der Waals surface area contributed by atoms with Gasteiger partial charge in [-0.05, 0) is 56.0 Å². The van der Waals surface area contributed by atoms with Crippen LogP contribution in [0.25, 0.3) is 16.9 Å². The zero-order valence-corrected chi connectivity index (χ0v) is 15.8. The zero-order valence-electron chi connectivity index (χ0n) is 15.8. The summed E-state index contributed by atoms with van der Waals surface area (Å²) in [5.41, 5.74) is 2.54. The summed E-state index contributed by atoms with van der Waals surface area (Å²) in [6, 6.07) is 11.6. The number of imidazole rings is 1. The first-order valence-corrected chi connectivity index (χ1v) is 9.83. The second kappa shape index (κ2) is 7.46. The van der Waals surface area contributed by atoms with Crippen molar-refractivity contribution >= 4 is 11.5 Å². The van der Waals surface area contributed by atoms with E-state index in [9.17, 15) is 4.79 Å². The van der Waals surface area contributed by atoms with Crippen molar-refractivity contribution in [3.8, 4) is 11.3 Å². The van der Waals surface area contributed by atoms with Gasteiger partial charge in [-0.15, -0.1) is 5.10 Å². The predicted octanol–water partition coefficient (Wildman–Crippen LogP) is 2.94. The number of hydrogen-bond donors (Lipinski definition) is 1. The molecule has 4 aromatic heterocycles. The minimum Gasteiger partial charge on any atom is -0.366 e. The van der Waals surface area contributed by atoms with Gasteiger partial charge < -0.3 is 5.32 Å². The van der Waals surface area contributed by atoms with E-state index in [0.29, 0.717) is 6.04 Å². The lowest BCUT2D eigenvalue weighted by Gasteiger charge is -2.30. The minimum atomic E-state index is -0.0496. The quantitative estimate of drug-likeness (QED) is 0.579. The number of nitrogens with zero attached hydrogens (tertiary/aromatic N) is 6. The molecule has 8 nitrogen and oxygen atoms in total. The molecule has 1 N–H and O–H groups in total. The highest BCUT2D eigenvalue weighted by atomic mass is 16.1. The maximum absolute atomic E-state index is 12.4. The highest BCUT2D eigenvalue weighted by Gasteiger charge is 2.24. The summed E-state index contributed by atoms with van der Waals surface area (Å²) < 4.78 is 3.42. The monoisotopic (exact) mass is 387 g/mol. The van der Waals surface area contributed by atoms with Gasteiger partial charge in [0, 0.05) is 42.5 Å². The van der Waals surface area contributed by atoms with Gasteiger partial charge in [0.25, 0.3) is 5.56 Å². The summed E-state index contributed by atoms with van der Waals surface area (Å²) in [7, 11) is 0. The first kappa shape index (κ1) is 17.5. The Morgan fingerprint density at radius 1 is 0.897 bits per heavy atom. The van der Waals surface area contributed by atoms with Gasteiger partial charge in [0.1, 0.15) is 5.82 Å². The second-order valence-corrected chi connectivity index (χ2v) is 7.34. The van der Waals surface area contributed by atoms with Gasteiger partial charge in [-0.2, -0.15) is 5.10 Å². The molecule has 0 amide bonds. The van der Waals surface area contributed by atoms with Crippen LogP contribution < -0.4 is 10.9 Å². The summed E-state index contributed by atoms with van der Waals surface area (Å²) in [6.45, 7) is 0. The number of rotatable bonds is 4. The largest absolute Gasteiger partial charge is 0.366 e. The average molecular weight is 387 g/mol. The molecule has 4 aromatic rings. The Bertz CT molecular complexity index is 1180. The fourth-order valence-corrected chi connectivity index (χ4v) is 3.93. The van der Waals surface area contributed by atoms with E-state index in [1.807, 2.05) is 30.5 Å². The lowest BCUT2D eigenvalue weighted by atomic mass is 9.91. The molecule has 5 rings (SSSR count). The molecule has 0 aromatic carbocycles. The molecule has 146 valence electrons. The Hall–Kier alpha value is -3.55. The van der Waals surface area contributed by atoms with Gasteiger partial charge in [-0.3, -0.25) is 9.78 Å². The number of anilines is 1. The van der Waals surface area contributed by atoms with Crippen LogP contribution >= 0.6 is 0 Å². The Balaban J connectivity index is 1.28. The number of nitrogens with one attached hydrogen (secondary N) is 1. The van der Waals surface area contributed by atoms with Crippen LogP contribution in [0.5, 0.6) is 0 Å². The third-order valence-corrected chi connectivity index (χ3v) is 5.45. The van der Waals surface area contributed by atoms with Crippen molar-refractivity contribution in [2.45, 2.75) is 37.8 Å². The summed E-state index contributed by atoms with van der Waals surface area (Å²) in [5, 5.41) is 12.7. The summed E-state index contributed by atoms with van der Waals surface area (Å²) in [5.74, 6) is 0.842. The van der Waals surface area contributed by atoms with Gasteiger partial charge in [-0.25, -0.2) is 14.2 Å². The van der Waals surface area contributed by atoms with E-state index < -0.39 is 0 Å². The Morgan fingerprint density at radius 3 is 2.55 bits per heavy atom. The maximum Gasteiger partial charge on any atom is 0.267 e. The molecule has 29 heavy (non-hydrogen) atoms. The third kappa shape index (κ3) is 3.61. The van der Waals surface area contributed by atoms with Crippen LogP contribution in [0.3, 0.4) is 0 Å². The van der Waals surface area contributed by atoms with Crippen LogP contribution in [0.15, 0.2) is 66.0 Å². The number of aromatic nitrogens is 6. The number of hydrogen-bond acceptors (Lipinski definition) is 6. The molecule has 0 unspecified atom stereocenters. The fraction of sp³-hybridized carbons (Fsp3) is 0.286. The first-order valence-electron chi connectivity index (χ1n) is 9.83. The molecule has 0 spiro atoms. The molecule has 8 heteroatoms. The minimum absolute atomic E-state index is 0.0496. The van der Waals surface area contributed by atoms with Crippen LogP contribution in [-0.2, 0) is 0 Å². The smallest absolute Gasteiger partial charge is 0.267 e. The third-order valence-electron chi connectivity index (χ3n) is 5.45. The summed E-state index contributed by atoms with van der Waals surface area (Å²) in [4.78, 5) is 20.7. The van der Waals surface area contributed by atoms with Crippen molar-refractivity contribution in [3.05, 3.63) is 71.5 Å². The van der Waals surface area contributed by atoms with E-state index in [-0.39, 0.29) is 11.6 Å². The zero-order chi connectivity index (χ0) is 19.6. The fourth-order valence-electron chi connectivity index (χ4n) is 3.93. The van der Waals surface area contributed by atoms with Crippen molar-refractivity contribution in [1.82, 2.24) is 29.4 Å². The van der Waals surface area contributed by atoms with Crippen LogP contribution in [0.2, 0.25) is 0 Å². The molecule has 1 fully saturated rings. The molecule has 0 saturated heterocycles. The molecule has 0 bridgehead atoms. The normalized spacial score (nSPS) is 19.3. The van der Waals surface area contributed by atoms with Crippen molar-refractivity contribution in [2.24, 2.45) is 0 Å². The van der Waals surface area contributed by atoms with Crippen molar-refractivity contribution in [2.75, 3.05) is 5.32 Å². The van der Waals surface area contributed by atoms with E-state index in [0.717, 1.165) is 48.4 Å². The molecular formula is C21H21N7O. The SMILES string of the molecule is O=c1ccc(-c2ccncc2)nn1C1CCC(Nc2ccc3nccn3n2)CC1. The number of pyridine rings is 1. The standard InChI is InChI=1S/C21H21N7O/c29-21-8-5-18(15-9-11-22-12-10-15)25-28(21)17-3-1-16(2-4-17)24-19-6-7-20-23-13-14-27(20)26-19/h5-14,16-17H,1-4H2,(H,24,26). The highest BCUT2D eigenvalue weighted by molar-refractivity contribution is 5.57. The second-order valence-electron chi connectivity index (χ2n) is 7.34. The van der Waals surface area contributed by atoms with E-state index in [4.69, 9.17) is 0 Å². The van der Waals surface area contributed by atoms with Crippen LogP contribution in [-0.4, -0.2) is 35.4 Å². The Labute approximate surface area is 167 Å². The molecule has 1 saturated carbocycles. The van der Waals surface area contributed by atoms with E-state index >= 15 is 0 Å². The van der Waals surface area contributed by atoms with Crippen LogP contribution in [0, 0.1) is 0 Å². The topological polar surface area (TPSA) is 90.0 Å². The maximum atomic E-state index is 12.4. The molecule has 1 aliphatic rings. The molecule has 0 atom stereocenters. The summed E-state index contributed by atoms with van der Waals surface area (Å²) >= 11 is 0. The van der Waals surface area contributed by atoms with E-state index in [1.165, 1.54) is 0 Å². The van der Waals surface area contributed by atoms with Crippen LogP contribution in [0.1, 0.15) is 31.7 Å². The van der Waals surface area contributed by atoms with Crippen molar-refractivity contribution < 1.29 is 0 Å².